The molecule has 1 aliphatic carbocycles. The zero-order valence-corrected chi connectivity index (χ0v) is 16.0. The Bertz CT molecular complexity index is 659. The van der Waals surface area contributed by atoms with Crippen LogP contribution in [0.4, 0.5) is 5.69 Å². The first-order valence-corrected chi connectivity index (χ1v) is 9.87. The summed E-state index contributed by atoms with van der Waals surface area (Å²) >= 11 is 0. The zero-order chi connectivity index (χ0) is 18.6. The van der Waals surface area contributed by atoms with Gasteiger partial charge in [-0.05, 0) is 69.3 Å². The lowest BCUT2D eigenvalue weighted by Gasteiger charge is -2.30. The Balaban J connectivity index is 1.63. The number of rotatable bonds is 5. The Morgan fingerprint density at radius 2 is 1.92 bits per heavy atom. The molecule has 0 bridgehead atoms. The number of anilines is 1. The van der Waals surface area contributed by atoms with E-state index < -0.39 is 5.41 Å². The summed E-state index contributed by atoms with van der Waals surface area (Å²) in [6, 6.07) is 6.00. The molecule has 3 rings (SSSR count). The van der Waals surface area contributed by atoms with Gasteiger partial charge in [0.25, 0.3) is 0 Å². The minimum absolute atomic E-state index is 0.0324. The summed E-state index contributed by atoms with van der Waals surface area (Å²) in [5.41, 5.74) is 2.75. The topological polar surface area (TPSA) is 70.2 Å². The zero-order valence-electron chi connectivity index (χ0n) is 16.0. The number of hydrogen-bond donors (Lipinski definition) is 3. The molecular formula is C21H31N3O2. The lowest BCUT2D eigenvalue weighted by atomic mass is 9.84. The van der Waals surface area contributed by atoms with Crippen LogP contribution < -0.4 is 16.0 Å². The van der Waals surface area contributed by atoms with Gasteiger partial charge in [-0.3, -0.25) is 9.59 Å². The molecule has 26 heavy (non-hydrogen) atoms. The molecule has 0 spiro atoms. The van der Waals surface area contributed by atoms with Crippen molar-refractivity contribution in [2.75, 3.05) is 25.0 Å². The summed E-state index contributed by atoms with van der Waals surface area (Å²) in [6.07, 6.45) is 5.74. The maximum atomic E-state index is 13.0. The van der Waals surface area contributed by atoms with Gasteiger partial charge in [-0.1, -0.05) is 18.9 Å². The highest BCUT2D eigenvalue weighted by Crippen LogP contribution is 2.39. The van der Waals surface area contributed by atoms with Gasteiger partial charge in [0.2, 0.25) is 11.8 Å². The highest BCUT2D eigenvalue weighted by molar-refractivity contribution is 5.96. The molecule has 0 radical (unpaired) electrons. The van der Waals surface area contributed by atoms with Crippen LogP contribution >= 0.6 is 0 Å². The van der Waals surface area contributed by atoms with Crippen LogP contribution in [-0.4, -0.2) is 31.4 Å². The lowest BCUT2D eigenvalue weighted by molar-refractivity contribution is -0.128. The maximum absolute atomic E-state index is 13.0. The summed E-state index contributed by atoms with van der Waals surface area (Å²) in [5.74, 6) is 0.160. The van der Waals surface area contributed by atoms with Crippen molar-refractivity contribution in [3.8, 4) is 0 Å². The third-order valence-electron chi connectivity index (χ3n) is 6.08. The van der Waals surface area contributed by atoms with E-state index in [1.54, 1.807) is 0 Å². The molecule has 0 aromatic heterocycles. The minimum Gasteiger partial charge on any atom is -0.355 e. The summed E-state index contributed by atoms with van der Waals surface area (Å²) in [6.45, 7) is 6.29. The van der Waals surface area contributed by atoms with Crippen LogP contribution in [0.25, 0.3) is 0 Å². The van der Waals surface area contributed by atoms with Crippen molar-refractivity contribution in [2.45, 2.75) is 52.4 Å². The van der Waals surface area contributed by atoms with Crippen molar-refractivity contribution in [1.82, 2.24) is 10.6 Å². The van der Waals surface area contributed by atoms with E-state index in [0.29, 0.717) is 6.54 Å². The molecule has 2 fully saturated rings. The monoisotopic (exact) mass is 357 g/mol. The van der Waals surface area contributed by atoms with Gasteiger partial charge in [-0.15, -0.1) is 0 Å². The Morgan fingerprint density at radius 1 is 1.15 bits per heavy atom. The molecule has 1 unspecified atom stereocenters. The normalized spacial score (nSPS) is 22.0. The fourth-order valence-electron chi connectivity index (χ4n) is 4.10. The standard InChI is InChI=1S/C21H31N3O2/c1-15-7-8-18(12-16(15)2)24-20(26)21(9-3-4-10-21)14-23-19(25)17-6-5-11-22-13-17/h7-8,12,17,22H,3-6,9-11,13-14H2,1-2H3,(H,23,25)(H,24,26). The molecule has 5 nitrogen and oxygen atoms in total. The number of carbonyl (C=O) groups excluding carboxylic acids is 2. The van der Waals surface area contributed by atoms with Crippen molar-refractivity contribution >= 4 is 17.5 Å². The second-order valence-corrected chi connectivity index (χ2v) is 8.00. The van der Waals surface area contributed by atoms with E-state index in [4.69, 9.17) is 0 Å². The summed E-state index contributed by atoms with van der Waals surface area (Å²) in [4.78, 5) is 25.5. The second kappa shape index (κ2) is 8.21. The van der Waals surface area contributed by atoms with Gasteiger partial charge in [0, 0.05) is 18.8 Å². The summed E-state index contributed by atoms with van der Waals surface area (Å²) < 4.78 is 0. The summed E-state index contributed by atoms with van der Waals surface area (Å²) in [7, 11) is 0. The number of hydrogen-bond acceptors (Lipinski definition) is 3. The molecule has 1 saturated carbocycles. The van der Waals surface area contributed by atoms with Gasteiger partial charge in [0.05, 0.1) is 11.3 Å². The average molecular weight is 357 g/mol. The fourth-order valence-corrected chi connectivity index (χ4v) is 4.10. The van der Waals surface area contributed by atoms with E-state index in [0.717, 1.165) is 57.3 Å². The quantitative estimate of drug-likeness (QED) is 0.759. The van der Waals surface area contributed by atoms with Crippen molar-refractivity contribution in [3.05, 3.63) is 29.3 Å². The number of benzene rings is 1. The van der Waals surface area contributed by atoms with E-state index in [1.165, 1.54) is 11.1 Å². The molecule has 1 aromatic carbocycles. The SMILES string of the molecule is Cc1ccc(NC(=O)C2(CNC(=O)C3CCCNC3)CCCC2)cc1C. The van der Waals surface area contributed by atoms with E-state index in [1.807, 2.05) is 18.2 Å². The van der Waals surface area contributed by atoms with E-state index in [2.05, 4.69) is 29.8 Å². The fraction of sp³-hybridized carbons (Fsp3) is 0.619. The smallest absolute Gasteiger partial charge is 0.232 e. The van der Waals surface area contributed by atoms with E-state index in [-0.39, 0.29) is 17.7 Å². The molecule has 1 aliphatic heterocycles. The molecule has 1 saturated heterocycles. The number of amides is 2. The number of aryl methyl sites for hydroxylation is 2. The molecule has 2 aliphatic rings. The van der Waals surface area contributed by atoms with Gasteiger partial charge in [0.1, 0.15) is 0 Å². The van der Waals surface area contributed by atoms with Gasteiger partial charge >= 0.3 is 0 Å². The van der Waals surface area contributed by atoms with Crippen LogP contribution in [0.3, 0.4) is 0 Å². The number of carbonyl (C=O) groups is 2. The second-order valence-electron chi connectivity index (χ2n) is 8.00. The number of piperidine rings is 1. The molecule has 142 valence electrons. The first kappa shape index (κ1) is 18.9. The Kier molecular flexibility index (Phi) is 5.97. The Hall–Kier alpha value is -1.88. The van der Waals surface area contributed by atoms with Crippen LogP contribution in [0.5, 0.6) is 0 Å². The molecule has 5 heteroatoms. The maximum Gasteiger partial charge on any atom is 0.232 e. The summed E-state index contributed by atoms with van der Waals surface area (Å²) in [5, 5.41) is 9.45. The van der Waals surface area contributed by atoms with Gasteiger partial charge in [-0.25, -0.2) is 0 Å². The Morgan fingerprint density at radius 3 is 2.58 bits per heavy atom. The van der Waals surface area contributed by atoms with Crippen molar-refractivity contribution in [1.29, 1.82) is 0 Å². The van der Waals surface area contributed by atoms with Crippen LogP contribution in [-0.2, 0) is 9.59 Å². The third kappa shape index (κ3) is 4.26. The van der Waals surface area contributed by atoms with Crippen molar-refractivity contribution < 1.29 is 9.59 Å². The molecule has 1 atom stereocenters. The first-order chi connectivity index (χ1) is 12.5. The largest absolute Gasteiger partial charge is 0.355 e. The third-order valence-corrected chi connectivity index (χ3v) is 6.08. The van der Waals surface area contributed by atoms with E-state index >= 15 is 0 Å². The first-order valence-electron chi connectivity index (χ1n) is 9.87. The molecular weight excluding hydrogens is 326 g/mol. The molecule has 2 amide bonds. The van der Waals surface area contributed by atoms with E-state index in [9.17, 15) is 9.59 Å². The van der Waals surface area contributed by atoms with Gasteiger partial charge < -0.3 is 16.0 Å². The van der Waals surface area contributed by atoms with Gasteiger partial charge in [-0.2, -0.15) is 0 Å². The predicted molar refractivity (Wildman–Crippen MR) is 104 cm³/mol. The Labute approximate surface area is 156 Å². The molecule has 1 aromatic rings. The van der Waals surface area contributed by atoms with Gasteiger partial charge in [0.15, 0.2) is 0 Å². The number of nitrogens with one attached hydrogen (secondary N) is 3. The van der Waals surface area contributed by atoms with Crippen LogP contribution in [0.2, 0.25) is 0 Å². The van der Waals surface area contributed by atoms with Crippen molar-refractivity contribution in [2.24, 2.45) is 11.3 Å². The highest BCUT2D eigenvalue weighted by atomic mass is 16.2. The highest BCUT2D eigenvalue weighted by Gasteiger charge is 2.41. The van der Waals surface area contributed by atoms with Crippen LogP contribution in [0.1, 0.15) is 49.7 Å². The molecule has 1 heterocycles. The average Bonchev–Trinajstić information content (AvgIpc) is 3.14. The van der Waals surface area contributed by atoms with Crippen LogP contribution in [0.15, 0.2) is 18.2 Å². The van der Waals surface area contributed by atoms with Crippen LogP contribution in [0, 0.1) is 25.2 Å². The lowest BCUT2D eigenvalue weighted by Crippen LogP contribution is -2.47. The minimum atomic E-state index is -0.476. The van der Waals surface area contributed by atoms with Crippen molar-refractivity contribution in [3.63, 3.8) is 0 Å². The predicted octanol–water partition coefficient (Wildman–Crippen LogP) is 2.92. The molecule has 3 N–H and O–H groups in total.